The van der Waals surface area contributed by atoms with Crippen LogP contribution in [0.5, 0.6) is 0 Å². The third-order valence-electron chi connectivity index (χ3n) is 4.87. The molecular formula is C16H26ClN3O3S2. The standard InChI is InChI=1S/C16H25N3O3S2.ClH/c1-11-6-8-19(9-7-11)24(21,22)15-5-4-14(23-15)16(20)18-10-13(17)12-2-3-12;/h4-5,11-13H,2-3,6-10,17H2,1H3,(H,18,20);1H. The zero-order chi connectivity index (χ0) is 17.3. The Morgan fingerprint density at radius 3 is 2.56 bits per heavy atom. The molecule has 1 aliphatic carbocycles. The average Bonchev–Trinajstić information content (AvgIpc) is 3.28. The number of thiophene rings is 1. The van der Waals surface area contributed by atoms with Crippen molar-refractivity contribution in [1.82, 2.24) is 9.62 Å². The van der Waals surface area contributed by atoms with Crippen molar-refractivity contribution >= 4 is 39.7 Å². The van der Waals surface area contributed by atoms with Crippen LogP contribution in [0.4, 0.5) is 0 Å². The average molecular weight is 408 g/mol. The Hall–Kier alpha value is -0.670. The maximum atomic E-state index is 12.7. The van der Waals surface area contributed by atoms with Crippen LogP contribution in [-0.4, -0.2) is 44.3 Å². The lowest BCUT2D eigenvalue weighted by Crippen LogP contribution is -2.38. The number of sulfonamides is 1. The van der Waals surface area contributed by atoms with Crippen LogP contribution in [-0.2, 0) is 10.0 Å². The number of hydrogen-bond donors (Lipinski definition) is 2. The van der Waals surface area contributed by atoms with Crippen molar-refractivity contribution in [3.63, 3.8) is 0 Å². The minimum Gasteiger partial charge on any atom is -0.350 e. The van der Waals surface area contributed by atoms with Crippen molar-refractivity contribution in [3.8, 4) is 0 Å². The van der Waals surface area contributed by atoms with Crippen molar-refractivity contribution in [2.75, 3.05) is 19.6 Å². The number of carbonyl (C=O) groups excluding carboxylic acids is 1. The van der Waals surface area contributed by atoms with E-state index in [1.807, 2.05) is 0 Å². The van der Waals surface area contributed by atoms with Gasteiger partial charge in [0.15, 0.2) is 0 Å². The molecular weight excluding hydrogens is 382 g/mol. The van der Waals surface area contributed by atoms with Gasteiger partial charge >= 0.3 is 0 Å². The van der Waals surface area contributed by atoms with Gasteiger partial charge in [-0.05, 0) is 49.7 Å². The molecule has 2 fully saturated rings. The van der Waals surface area contributed by atoms with Gasteiger partial charge in [0.25, 0.3) is 15.9 Å². The van der Waals surface area contributed by atoms with E-state index in [4.69, 9.17) is 5.73 Å². The Morgan fingerprint density at radius 1 is 1.32 bits per heavy atom. The topological polar surface area (TPSA) is 92.5 Å². The van der Waals surface area contributed by atoms with Crippen molar-refractivity contribution in [2.24, 2.45) is 17.6 Å². The summed E-state index contributed by atoms with van der Waals surface area (Å²) in [6.07, 6.45) is 4.04. The molecule has 0 bridgehead atoms. The summed E-state index contributed by atoms with van der Waals surface area (Å²) in [6.45, 7) is 3.69. The van der Waals surface area contributed by atoms with E-state index >= 15 is 0 Å². The van der Waals surface area contributed by atoms with Crippen LogP contribution in [0, 0.1) is 11.8 Å². The van der Waals surface area contributed by atoms with E-state index in [9.17, 15) is 13.2 Å². The highest BCUT2D eigenvalue weighted by Gasteiger charge is 2.31. The smallest absolute Gasteiger partial charge is 0.261 e. The zero-order valence-corrected chi connectivity index (χ0v) is 16.8. The molecule has 0 aromatic carbocycles. The van der Waals surface area contributed by atoms with Crippen LogP contribution >= 0.6 is 23.7 Å². The summed E-state index contributed by atoms with van der Waals surface area (Å²) in [5.74, 6) is 0.840. The maximum absolute atomic E-state index is 12.7. The van der Waals surface area contributed by atoms with Crippen LogP contribution in [0.25, 0.3) is 0 Å². The van der Waals surface area contributed by atoms with Gasteiger partial charge in [0, 0.05) is 25.7 Å². The van der Waals surface area contributed by atoms with Crippen molar-refractivity contribution in [3.05, 3.63) is 17.0 Å². The number of nitrogens with two attached hydrogens (primary N) is 1. The zero-order valence-electron chi connectivity index (χ0n) is 14.3. The van der Waals surface area contributed by atoms with Crippen molar-refractivity contribution in [1.29, 1.82) is 0 Å². The fourth-order valence-corrected chi connectivity index (χ4v) is 5.77. The molecule has 1 aromatic rings. The number of amides is 1. The summed E-state index contributed by atoms with van der Waals surface area (Å²) in [7, 11) is -3.49. The Balaban J connectivity index is 0.00000225. The summed E-state index contributed by atoms with van der Waals surface area (Å²) in [5.41, 5.74) is 5.97. The SMILES string of the molecule is CC1CCN(S(=O)(=O)c2ccc(C(=O)NCC(N)C3CC3)s2)CC1.Cl. The second-order valence-electron chi connectivity index (χ2n) is 6.92. The Morgan fingerprint density at radius 2 is 1.96 bits per heavy atom. The Kier molecular flexibility index (Phi) is 6.89. The van der Waals surface area contributed by atoms with Crippen LogP contribution in [0.1, 0.15) is 42.3 Å². The third-order valence-corrected chi connectivity index (χ3v) is 8.32. The molecule has 6 nitrogen and oxygen atoms in total. The van der Waals surface area contributed by atoms with Gasteiger partial charge < -0.3 is 11.1 Å². The maximum Gasteiger partial charge on any atom is 0.261 e. The molecule has 3 N–H and O–H groups in total. The summed E-state index contributed by atoms with van der Waals surface area (Å²) in [4.78, 5) is 12.6. The van der Waals surface area contributed by atoms with Crippen LogP contribution < -0.4 is 11.1 Å². The predicted octanol–water partition coefficient (Wildman–Crippen LogP) is 2.06. The van der Waals surface area contributed by atoms with E-state index in [1.165, 1.54) is 10.4 Å². The van der Waals surface area contributed by atoms with Crippen LogP contribution in [0.3, 0.4) is 0 Å². The number of nitrogens with zero attached hydrogens (tertiary/aromatic N) is 1. The van der Waals surface area contributed by atoms with E-state index in [0.717, 1.165) is 37.0 Å². The molecule has 1 saturated heterocycles. The molecule has 9 heteroatoms. The highest BCUT2D eigenvalue weighted by atomic mass is 35.5. The molecule has 3 rings (SSSR count). The minimum absolute atomic E-state index is 0. The predicted molar refractivity (Wildman–Crippen MR) is 102 cm³/mol. The summed E-state index contributed by atoms with van der Waals surface area (Å²) in [5, 5.41) is 2.81. The van der Waals surface area contributed by atoms with Gasteiger partial charge in [-0.25, -0.2) is 8.42 Å². The number of rotatable bonds is 6. The highest BCUT2D eigenvalue weighted by molar-refractivity contribution is 7.91. The van der Waals surface area contributed by atoms with E-state index in [1.54, 1.807) is 6.07 Å². The first-order valence-electron chi connectivity index (χ1n) is 8.51. The van der Waals surface area contributed by atoms with Gasteiger partial charge in [-0.15, -0.1) is 23.7 Å². The molecule has 1 saturated carbocycles. The number of nitrogens with one attached hydrogen (secondary N) is 1. The fraction of sp³-hybridized carbons (Fsp3) is 0.688. The first-order valence-corrected chi connectivity index (χ1v) is 10.8. The number of halogens is 1. The van der Waals surface area contributed by atoms with Gasteiger partial charge in [0.1, 0.15) is 4.21 Å². The molecule has 0 spiro atoms. The summed E-state index contributed by atoms with van der Waals surface area (Å²) in [6, 6.07) is 3.11. The quantitative estimate of drug-likeness (QED) is 0.754. The van der Waals surface area contributed by atoms with E-state index in [0.29, 0.717) is 36.3 Å². The highest BCUT2D eigenvalue weighted by Crippen LogP contribution is 2.31. The number of piperidine rings is 1. The minimum atomic E-state index is -3.49. The van der Waals surface area contributed by atoms with Crippen molar-refractivity contribution < 1.29 is 13.2 Å². The molecule has 2 aliphatic rings. The lowest BCUT2D eigenvalue weighted by Gasteiger charge is -2.28. The van der Waals surface area contributed by atoms with Gasteiger partial charge in [0.2, 0.25) is 0 Å². The Labute approximate surface area is 159 Å². The molecule has 1 aliphatic heterocycles. The molecule has 142 valence electrons. The second-order valence-corrected chi connectivity index (χ2v) is 10.2. The molecule has 1 aromatic heterocycles. The number of hydrogen-bond acceptors (Lipinski definition) is 5. The molecule has 1 amide bonds. The molecule has 2 heterocycles. The molecule has 1 atom stereocenters. The van der Waals surface area contributed by atoms with Crippen LogP contribution in [0.15, 0.2) is 16.3 Å². The van der Waals surface area contributed by atoms with Gasteiger partial charge in [-0.2, -0.15) is 4.31 Å². The lowest BCUT2D eigenvalue weighted by atomic mass is 10.0. The third kappa shape index (κ3) is 4.95. The normalized spacial score (nSPS) is 20.7. The van der Waals surface area contributed by atoms with Crippen molar-refractivity contribution in [2.45, 2.75) is 42.9 Å². The largest absolute Gasteiger partial charge is 0.350 e. The van der Waals surface area contributed by atoms with E-state index < -0.39 is 10.0 Å². The molecule has 0 radical (unpaired) electrons. The summed E-state index contributed by atoms with van der Waals surface area (Å²) < 4.78 is 27.1. The fourth-order valence-electron chi connectivity index (χ4n) is 2.92. The van der Waals surface area contributed by atoms with Gasteiger partial charge in [-0.3, -0.25) is 4.79 Å². The monoisotopic (exact) mass is 407 g/mol. The number of carbonyl (C=O) groups is 1. The van der Waals surface area contributed by atoms with E-state index in [2.05, 4.69) is 12.2 Å². The second kappa shape index (κ2) is 8.35. The van der Waals surface area contributed by atoms with Crippen LogP contribution in [0.2, 0.25) is 0 Å². The Bertz CT molecular complexity index is 695. The summed E-state index contributed by atoms with van der Waals surface area (Å²) >= 11 is 1.04. The van der Waals surface area contributed by atoms with Gasteiger partial charge in [0.05, 0.1) is 4.88 Å². The lowest BCUT2D eigenvalue weighted by molar-refractivity contribution is 0.0954. The molecule has 25 heavy (non-hydrogen) atoms. The first kappa shape index (κ1) is 20.6. The van der Waals surface area contributed by atoms with Gasteiger partial charge in [-0.1, -0.05) is 6.92 Å². The molecule has 1 unspecified atom stereocenters. The first-order chi connectivity index (χ1) is 11.4. The van der Waals surface area contributed by atoms with E-state index in [-0.39, 0.29) is 28.6 Å².